The van der Waals surface area contributed by atoms with Crippen LogP contribution >= 0.6 is 11.8 Å². The van der Waals surface area contributed by atoms with Gasteiger partial charge in [-0.2, -0.15) is 0 Å². The smallest absolute Gasteiger partial charge is 0.327 e. The van der Waals surface area contributed by atoms with Crippen LogP contribution in [0.5, 0.6) is 0 Å². The van der Waals surface area contributed by atoms with Gasteiger partial charge >= 0.3 is 5.97 Å². The highest BCUT2D eigenvalue weighted by molar-refractivity contribution is 7.99. The summed E-state index contributed by atoms with van der Waals surface area (Å²) >= 11 is 1.31. The van der Waals surface area contributed by atoms with Crippen molar-refractivity contribution in [2.24, 2.45) is 0 Å². The molecule has 16 heavy (non-hydrogen) atoms. The Morgan fingerprint density at radius 3 is 2.88 bits per heavy atom. The van der Waals surface area contributed by atoms with Gasteiger partial charge in [0.2, 0.25) is 5.16 Å². The second kappa shape index (κ2) is 5.80. The van der Waals surface area contributed by atoms with Crippen molar-refractivity contribution in [3.63, 3.8) is 0 Å². The molecule has 1 aromatic rings. The van der Waals surface area contributed by atoms with E-state index in [2.05, 4.69) is 20.3 Å². The lowest BCUT2D eigenvalue weighted by Gasteiger charge is -2.12. The Kier molecular flexibility index (Phi) is 4.69. The molecule has 1 N–H and O–H groups in total. The average Bonchev–Trinajstić information content (AvgIpc) is 2.65. The average molecular weight is 246 g/mol. The maximum atomic E-state index is 11.1. The molecule has 0 spiro atoms. The summed E-state index contributed by atoms with van der Waals surface area (Å²) in [6, 6.07) is 0. The van der Waals surface area contributed by atoms with Crippen molar-refractivity contribution in [2.75, 3.05) is 7.11 Å². The Morgan fingerprint density at radius 2 is 2.31 bits per heavy atom. The van der Waals surface area contributed by atoms with Crippen LogP contribution in [0.2, 0.25) is 0 Å². The van der Waals surface area contributed by atoms with Crippen LogP contribution in [-0.2, 0) is 16.1 Å². The van der Waals surface area contributed by atoms with Gasteiger partial charge in [0.15, 0.2) is 0 Å². The highest BCUT2D eigenvalue weighted by atomic mass is 32.2. The first-order valence-electron chi connectivity index (χ1n) is 4.72. The van der Waals surface area contributed by atoms with Crippen LogP contribution in [-0.4, -0.2) is 49.7 Å². The monoisotopic (exact) mass is 246 g/mol. The zero-order chi connectivity index (χ0) is 12.1. The second-order valence-corrected chi connectivity index (χ2v) is 4.60. The number of hydrogen-bond acceptors (Lipinski definition) is 7. The minimum Gasteiger partial charge on any atom is -0.468 e. The summed E-state index contributed by atoms with van der Waals surface area (Å²) in [6.07, 6.45) is -0.478. The van der Waals surface area contributed by atoms with E-state index in [1.807, 2.05) is 6.92 Å². The summed E-state index contributed by atoms with van der Waals surface area (Å²) < 4.78 is 5.86. The first-order chi connectivity index (χ1) is 7.54. The van der Waals surface area contributed by atoms with Crippen LogP contribution in [0.4, 0.5) is 0 Å². The van der Waals surface area contributed by atoms with Crippen LogP contribution in [0, 0.1) is 0 Å². The number of tetrazole rings is 1. The Bertz CT molecular complexity index is 355. The molecule has 0 fully saturated rings. The molecule has 90 valence electrons. The molecule has 0 aliphatic carbocycles. The number of aliphatic hydroxyl groups excluding tert-OH is 1. The number of hydrogen-bond donors (Lipinski definition) is 1. The third-order valence-electron chi connectivity index (χ3n) is 1.98. The molecule has 0 bridgehead atoms. The van der Waals surface area contributed by atoms with Gasteiger partial charge in [-0.05, 0) is 17.4 Å². The summed E-state index contributed by atoms with van der Waals surface area (Å²) in [7, 11) is 1.30. The number of rotatable bonds is 5. The number of thioether (sulfide) groups is 1. The predicted molar refractivity (Wildman–Crippen MR) is 56.8 cm³/mol. The number of carbonyl (C=O) groups is 1. The Labute approximate surface area is 97.2 Å². The van der Waals surface area contributed by atoms with E-state index < -0.39 is 12.1 Å². The van der Waals surface area contributed by atoms with Gasteiger partial charge in [0.25, 0.3) is 0 Å². The summed E-state index contributed by atoms with van der Waals surface area (Å²) in [5, 5.41) is 20.7. The Balaban J connectivity index is 2.67. The van der Waals surface area contributed by atoms with Crippen molar-refractivity contribution in [2.45, 2.75) is 36.9 Å². The van der Waals surface area contributed by atoms with Gasteiger partial charge in [-0.15, -0.1) is 5.10 Å². The highest BCUT2D eigenvalue weighted by Crippen LogP contribution is 2.22. The quantitative estimate of drug-likeness (QED) is 0.563. The predicted octanol–water partition coefficient (Wildman–Crippen LogP) is -0.293. The topological polar surface area (TPSA) is 90.1 Å². The lowest BCUT2D eigenvalue weighted by molar-refractivity contribution is -0.141. The van der Waals surface area contributed by atoms with Crippen LogP contribution in [0.1, 0.15) is 13.8 Å². The van der Waals surface area contributed by atoms with Crippen molar-refractivity contribution in [3.05, 3.63) is 0 Å². The van der Waals surface area contributed by atoms with Crippen molar-refractivity contribution in [1.29, 1.82) is 0 Å². The van der Waals surface area contributed by atoms with E-state index in [1.54, 1.807) is 6.92 Å². The molecule has 1 aromatic heterocycles. The third kappa shape index (κ3) is 3.46. The van der Waals surface area contributed by atoms with Crippen LogP contribution in [0.3, 0.4) is 0 Å². The molecule has 2 unspecified atom stereocenters. The van der Waals surface area contributed by atoms with Gasteiger partial charge < -0.3 is 9.84 Å². The minimum absolute atomic E-state index is 0.0294. The minimum atomic E-state index is -0.478. The molecule has 1 rings (SSSR count). The SMILES string of the molecule is COC(=O)Cn1nnnc1SC(C)C(C)O. The molecule has 0 aliphatic heterocycles. The van der Waals surface area contributed by atoms with Gasteiger partial charge in [-0.3, -0.25) is 4.79 Å². The zero-order valence-electron chi connectivity index (χ0n) is 9.32. The summed E-state index contributed by atoms with van der Waals surface area (Å²) in [4.78, 5) is 11.1. The van der Waals surface area contributed by atoms with Gasteiger partial charge in [0, 0.05) is 5.25 Å². The molecule has 0 radical (unpaired) electrons. The molecule has 0 amide bonds. The van der Waals surface area contributed by atoms with E-state index in [9.17, 15) is 9.90 Å². The summed E-state index contributed by atoms with van der Waals surface area (Å²) in [5.74, 6) is -0.418. The van der Waals surface area contributed by atoms with Crippen molar-refractivity contribution >= 4 is 17.7 Å². The number of carbonyl (C=O) groups excluding carboxylic acids is 1. The fourth-order valence-electron chi connectivity index (χ4n) is 0.832. The molecular formula is C8H14N4O3S. The van der Waals surface area contributed by atoms with Gasteiger partial charge in [-0.1, -0.05) is 18.7 Å². The maximum Gasteiger partial charge on any atom is 0.327 e. The molecule has 0 saturated heterocycles. The van der Waals surface area contributed by atoms with E-state index in [1.165, 1.54) is 23.6 Å². The summed E-state index contributed by atoms with van der Waals surface area (Å²) in [5.41, 5.74) is 0. The lowest BCUT2D eigenvalue weighted by Crippen LogP contribution is -2.18. The standard InChI is InChI=1S/C8H14N4O3S/c1-5(13)6(2)16-8-9-10-11-12(8)4-7(14)15-3/h5-6,13H,4H2,1-3H3. The molecule has 0 aromatic carbocycles. The van der Waals surface area contributed by atoms with E-state index in [-0.39, 0.29) is 11.8 Å². The van der Waals surface area contributed by atoms with Crippen LogP contribution < -0.4 is 0 Å². The molecule has 8 heteroatoms. The number of aromatic nitrogens is 4. The number of aliphatic hydroxyl groups is 1. The second-order valence-electron chi connectivity index (χ2n) is 3.26. The zero-order valence-corrected chi connectivity index (χ0v) is 10.1. The van der Waals surface area contributed by atoms with E-state index in [4.69, 9.17) is 0 Å². The number of ether oxygens (including phenoxy) is 1. The fraction of sp³-hybridized carbons (Fsp3) is 0.750. The largest absolute Gasteiger partial charge is 0.468 e. The number of nitrogens with zero attached hydrogens (tertiary/aromatic N) is 4. The summed E-state index contributed by atoms with van der Waals surface area (Å²) in [6.45, 7) is 3.51. The van der Waals surface area contributed by atoms with Crippen LogP contribution in [0.25, 0.3) is 0 Å². The van der Waals surface area contributed by atoms with Gasteiger partial charge in [-0.25, -0.2) is 4.68 Å². The van der Waals surface area contributed by atoms with E-state index >= 15 is 0 Å². The normalized spacial score (nSPS) is 14.5. The van der Waals surface area contributed by atoms with Crippen molar-refractivity contribution in [3.8, 4) is 0 Å². The van der Waals surface area contributed by atoms with Crippen molar-refractivity contribution in [1.82, 2.24) is 20.2 Å². The Morgan fingerprint density at radius 1 is 1.62 bits per heavy atom. The molecular weight excluding hydrogens is 232 g/mol. The highest BCUT2D eigenvalue weighted by Gasteiger charge is 2.17. The van der Waals surface area contributed by atoms with E-state index in [0.717, 1.165) is 0 Å². The first kappa shape index (κ1) is 12.9. The first-order valence-corrected chi connectivity index (χ1v) is 5.60. The maximum absolute atomic E-state index is 11.1. The van der Waals surface area contributed by atoms with Gasteiger partial charge in [0.05, 0.1) is 13.2 Å². The molecule has 0 saturated carbocycles. The van der Waals surface area contributed by atoms with Crippen LogP contribution in [0.15, 0.2) is 5.16 Å². The number of esters is 1. The third-order valence-corrected chi connectivity index (χ3v) is 3.25. The van der Waals surface area contributed by atoms with Gasteiger partial charge in [0.1, 0.15) is 6.54 Å². The van der Waals surface area contributed by atoms with E-state index in [0.29, 0.717) is 5.16 Å². The fourth-order valence-corrected chi connectivity index (χ4v) is 1.67. The molecule has 0 aliphatic rings. The van der Waals surface area contributed by atoms with Crippen molar-refractivity contribution < 1.29 is 14.6 Å². The Hall–Kier alpha value is -1.15. The molecule has 2 atom stereocenters. The number of methoxy groups -OCH3 is 1. The lowest BCUT2D eigenvalue weighted by atomic mass is 10.3. The molecule has 1 heterocycles. The molecule has 7 nitrogen and oxygen atoms in total.